The third-order valence-electron chi connectivity index (χ3n) is 6.13. The summed E-state index contributed by atoms with van der Waals surface area (Å²) in [5.74, 6) is 3.14. The van der Waals surface area contributed by atoms with Crippen LogP contribution in [0.4, 0.5) is 4.39 Å². The summed E-state index contributed by atoms with van der Waals surface area (Å²) in [4.78, 5) is 7.18. The average Bonchev–Trinajstić information content (AvgIpc) is 3.28. The van der Waals surface area contributed by atoms with E-state index in [0.29, 0.717) is 11.8 Å². The summed E-state index contributed by atoms with van der Waals surface area (Å²) in [5, 5.41) is 0. The molecule has 1 fully saturated rings. The third kappa shape index (κ3) is 3.20. The molecule has 0 amide bonds. The van der Waals surface area contributed by atoms with Crippen LogP contribution in [0.5, 0.6) is 5.75 Å². The summed E-state index contributed by atoms with van der Waals surface area (Å²) in [6.07, 6.45) is 3.02. The van der Waals surface area contributed by atoms with Gasteiger partial charge in [0.15, 0.2) is 0 Å². The number of nitrogens with zero attached hydrogens (tertiary/aromatic N) is 3. The normalized spacial score (nSPS) is 21.4. The molecule has 0 unspecified atom stereocenters. The molecular weight excluding hydrogens is 353 g/mol. The van der Waals surface area contributed by atoms with Crippen LogP contribution < -0.4 is 4.74 Å². The topological polar surface area (TPSA) is 30.3 Å². The van der Waals surface area contributed by atoms with E-state index < -0.39 is 0 Å². The molecule has 28 heavy (non-hydrogen) atoms. The van der Waals surface area contributed by atoms with E-state index in [-0.39, 0.29) is 5.82 Å². The number of ether oxygens (including phenoxy) is 1. The number of hydrogen-bond acceptors (Lipinski definition) is 3. The molecule has 0 aliphatic carbocycles. The molecule has 0 spiro atoms. The zero-order valence-electron chi connectivity index (χ0n) is 16.0. The summed E-state index contributed by atoms with van der Waals surface area (Å²) in [6, 6.07) is 15.2. The van der Waals surface area contributed by atoms with Crippen LogP contribution in [0.15, 0.2) is 54.7 Å². The summed E-state index contributed by atoms with van der Waals surface area (Å²) in [6.45, 7) is 3.94. The third-order valence-corrected chi connectivity index (χ3v) is 6.13. The smallest absolute Gasteiger partial charge is 0.123 e. The first kappa shape index (κ1) is 17.4. The Kier molecular flexibility index (Phi) is 4.40. The maximum atomic E-state index is 13.5. The van der Waals surface area contributed by atoms with Crippen molar-refractivity contribution in [1.82, 2.24) is 14.5 Å². The number of fused-ring (bicyclic) bond motifs is 2. The fourth-order valence-corrected chi connectivity index (χ4v) is 4.74. The molecule has 4 nitrogen and oxygen atoms in total. The summed E-state index contributed by atoms with van der Waals surface area (Å²) >= 11 is 0. The van der Waals surface area contributed by atoms with Gasteiger partial charge in [0.1, 0.15) is 17.4 Å². The van der Waals surface area contributed by atoms with E-state index in [0.717, 1.165) is 43.9 Å². The summed E-state index contributed by atoms with van der Waals surface area (Å²) < 4.78 is 21.1. The van der Waals surface area contributed by atoms with E-state index in [1.165, 1.54) is 23.1 Å². The lowest BCUT2D eigenvalue weighted by molar-refractivity contribution is 0.306. The van der Waals surface area contributed by atoms with E-state index in [1.54, 1.807) is 19.2 Å². The van der Waals surface area contributed by atoms with Gasteiger partial charge in [0.05, 0.1) is 19.0 Å². The van der Waals surface area contributed by atoms with Crippen molar-refractivity contribution in [1.29, 1.82) is 0 Å². The predicted octanol–water partition coefficient (Wildman–Crippen LogP) is 4.00. The Bertz CT molecular complexity index is 982. The molecule has 3 aromatic rings. The molecule has 0 radical (unpaired) electrons. The molecule has 3 heterocycles. The van der Waals surface area contributed by atoms with E-state index in [4.69, 9.17) is 9.72 Å². The van der Waals surface area contributed by atoms with E-state index in [9.17, 15) is 4.39 Å². The first-order valence-corrected chi connectivity index (χ1v) is 9.85. The SMILES string of the molecule is COc1ccc(-c2cnc3n2C[C@@H]2CN(Cc4cccc(F)c4)C[C@H]2C3)cc1. The molecule has 0 bridgehead atoms. The lowest BCUT2D eigenvalue weighted by Gasteiger charge is -2.27. The van der Waals surface area contributed by atoms with Gasteiger partial charge in [-0.1, -0.05) is 12.1 Å². The molecule has 2 atom stereocenters. The van der Waals surface area contributed by atoms with E-state index in [1.807, 2.05) is 24.4 Å². The number of halogens is 1. The lowest BCUT2D eigenvalue weighted by Crippen LogP contribution is -2.28. The minimum atomic E-state index is -0.154. The fraction of sp³-hybridized carbons (Fsp3) is 0.348. The monoisotopic (exact) mass is 377 g/mol. The van der Waals surface area contributed by atoms with Gasteiger partial charge in [-0.3, -0.25) is 4.90 Å². The predicted molar refractivity (Wildman–Crippen MR) is 107 cm³/mol. The molecular formula is C23H24FN3O. The van der Waals surface area contributed by atoms with Crippen molar-refractivity contribution in [2.75, 3.05) is 20.2 Å². The number of methoxy groups -OCH3 is 1. The highest BCUT2D eigenvalue weighted by Gasteiger charge is 2.37. The summed E-state index contributed by atoms with van der Waals surface area (Å²) in [7, 11) is 1.69. The number of likely N-dealkylation sites (tertiary alicyclic amines) is 1. The van der Waals surface area contributed by atoms with Crippen molar-refractivity contribution in [3.8, 4) is 17.0 Å². The summed E-state index contributed by atoms with van der Waals surface area (Å²) in [5.41, 5.74) is 3.41. The Labute approximate surface area is 164 Å². The zero-order valence-corrected chi connectivity index (χ0v) is 16.0. The van der Waals surface area contributed by atoms with Crippen LogP contribution in [0, 0.1) is 17.7 Å². The van der Waals surface area contributed by atoms with Crippen molar-refractivity contribution in [2.45, 2.75) is 19.5 Å². The highest BCUT2D eigenvalue weighted by atomic mass is 19.1. The van der Waals surface area contributed by atoms with Gasteiger partial charge in [0.25, 0.3) is 0 Å². The Balaban J connectivity index is 1.33. The van der Waals surface area contributed by atoms with Crippen molar-refractivity contribution in [3.63, 3.8) is 0 Å². The maximum Gasteiger partial charge on any atom is 0.123 e. The molecule has 1 saturated heterocycles. The Morgan fingerprint density at radius 1 is 1.07 bits per heavy atom. The number of benzene rings is 2. The lowest BCUT2D eigenvalue weighted by atomic mass is 9.89. The first-order valence-electron chi connectivity index (χ1n) is 9.85. The van der Waals surface area contributed by atoms with Gasteiger partial charge < -0.3 is 9.30 Å². The van der Waals surface area contributed by atoms with Crippen LogP contribution in [-0.4, -0.2) is 34.7 Å². The molecule has 0 saturated carbocycles. The molecule has 5 rings (SSSR count). The number of imidazole rings is 1. The van der Waals surface area contributed by atoms with Gasteiger partial charge in [-0.15, -0.1) is 0 Å². The average molecular weight is 377 g/mol. The molecule has 2 aliphatic rings. The number of aromatic nitrogens is 2. The molecule has 0 N–H and O–H groups in total. The Morgan fingerprint density at radius 3 is 2.68 bits per heavy atom. The standard InChI is InChI=1S/C23H24FN3O/c1-28-21-7-5-17(6-8-21)22-11-25-23-10-18-13-26(14-19(18)15-27(22)23)12-16-3-2-4-20(24)9-16/h2-9,11,18-19H,10,12-15H2,1H3/t18-,19+/m1/s1. The van der Waals surface area contributed by atoms with E-state index in [2.05, 4.69) is 21.6 Å². The molecule has 2 aromatic carbocycles. The van der Waals surface area contributed by atoms with Crippen LogP contribution in [0.3, 0.4) is 0 Å². The fourth-order valence-electron chi connectivity index (χ4n) is 4.74. The first-order chi connectivity index (χ1) is 13.7. The minimum absolute atomic E-state index is 0.154. The van der Waals surface area contributed by atoms with Crippen molar-refractivity contribution in [3.05, 3.63) is 71.9 Å². The van der Waals surface area contributed by atoms with Crippen molar-refractivity contribution >= 4 is 0 Å². The minimum Gasteiger partial charge on any atom is -0.497 e. The van der Waals surface area contributed by atoms with Crippen LogP contribution in [-0.2, 0) is 19.5 Å². The van der Waals surface area contributed by atoms with Gasteiger partial charge in [-0.25, -0.2) is 9.37 Å². The highest BCUT2D eigenvalue weighted by Crippen LogP contribution is 2.36. The number of rotatable bonds is 4. The van der Waals surface area contributed by atoms with Crippen molar-refractivity contribution in [2.24, 2.45) is 11.8 Å². The van der Waals surface area contributed by atoms with E-state index >= 15 is 0 Å². The Morgan fingerprint density at radius 2 is 1.89 bits per heavy atom. The highest BCUT2D eigenvalue weighted by molar-refractivity contribution is 5.60. The quantitative estimate of drug-likeness (QED) is 0.688. The van der Waals surface area contributed by atoms with Gasteiger partial charge in [-0.2, -0.15) is 0 Å². The van der Waals surface area contributed by atoms with Crippen LogP contribution in [0.1, 0.15) is 11.4 Å². The number of hydrogen-bond donors (Lipinski definition) is 0. The van der Waals surface area contributed by atoms with Gasteiger partial charge in [0.2, 0.25) is 0 Å². The molecule has 144 valence electrons. The zero-order chi connectivity index (χ0) is 19.1. The maximum absolute atomic E-state index is 13.5. The molecule has 2 aliphatic heterocycles. The Hall–Kier alpha value is -2.66. The second-order valence-electron chi connectivity index (χ2n) is 7.95. The van der Waals surface area contributed by atoms with Crippen LogP contribution >= 0.6 is 0 Å². The van der Waals surface area contributed by atoms with Crippen LogP contribution in [0.2, 0.25) is 0 Å². The van der Waals surface area contributed by atoms with Gasteiger partial charge in [0, 0.05) is 38.2 Å². The van der Waals surface area contributed by atoms with Crippen molar-refractivity contribution < 1.29 is 9.13 Å². The van der Waals surface area contributed by atoms with Crippen LogP contribution in [0.25, 0.3) is 11.3 Å². The van der Waals surface area contributed by atoms with Gasteiger partial charge in [-0.05, 0) is 53.8 Å². The second kappa shape index (κ2) is 7.06. The second-order valence-corrected chi connectivity index (χ2v) is 7.95. The largest absolute Gasteiger partial charge is 0.497 e. The molecule has 1 aromatic heterocycles. The molecule has 5 heteroatoms. The van der Waals surface area contributed by atoms with Gasteiger partial charge >= 0.3 is 0 Å².